The number of hydrogen-bond donors (Lipinski definition) is 2. The molecule has 0 aliphatic rings. The average molecular weight is 498 g/mol. The molecule has 0 radical (unpaired) electrons. The Morgan fingerprint density at radius 1 is 0.892 bits per heavy atom. The fraction of sp³-hybridized carbons (Fsp3) is 0.143. The molecular formula is C28H24FN5O3. The third-order valence-electron chi connectivity index (χ3n) is 6.15. The van der Waals surface area contributed by atoms with Gasteiger partial charge < -0.3 is 4.57 Å². The summed E-state index contributed by atoms with van der Waals surface area (Å²) in [4.78, 5) is 39.1. The van der Waals surface area contributed by atoms with Crippen LogP contribution >= 0.6 is 0 Å². The van der Waals surface area contributed by atoms with Gasteiger partial charge in [0.05, 0.1) is 18.0 Å². The van der Waals surface area contributed by atoms with Gasteiger partial charge in [0, 0.05) is 21.9 Å². The van der Waals surface area contributed by atoms with Crippen LogP contribution in [0.5, 0.6) is 0 Å². The summed E-state index contributed by atoms with van der Waals surface area (Å²) in [6, 6.07) is 21.9. The van der Waals surface area contributed by atoms with E-state index in [0.717, 1.165) is 10.9 Å². The molecule has 0 saturated carbocycles. The van der Waals surface area contributed by atoms with Crippen LogP contribution < -0.4 is 16.4 Å². The Morgan fingerprint density at radius 3 is 2.30 bits per heavy atom. The van der Waals surface area contributed by atoms with Gasteiger partial charge in [-0.25, -0.2) is 9.07 Å². The van der Waals surface area contributed by atoms with E-state index in [9.17, 15) is 18.8 Å². The highest BCUT2D eigenvalue weighted by atomic mass is 19.1. The SMILES string of the molecule is CC(C)n1nc(C(=O)NNC(=O)c2cc3ccccc3n2Cc2ccccc2F)c2ccccc2c1=O. The molecule has 2 aromatic heterocycles. The number of para-hydroxylation sites is 1. The monoisotopic (exact) mass is 497 g/mol. The van der Waals surface area contributed by atoms with Gasteiger partial charge in [-0.2, -0.15) is 5.10 Å². The van der Waals surface area contributed by atoms with E-state index in [1.54, 1.807) is 66.9 Å². The first kappa shape index (κ1) is 23.9. The van der Waals surface area contributed by atoms with E-state index < -0.39 is 11.8 Å². The van der Waals surface area contributed by atoms with E-state index in [1.807, 2.05) is 24.3 Å². The number of hydrogen-bond acceptors (Lipinski definition) is 4. The molecule has 3 aromatic carbocycles. The lowest BCUT2D eigenvalue weighted by Crippen LogP contribution is -2.43. The van der Waals surface area contributed by atoms with Crippen LogP contribution in [0.1, 0.15) is 46.4 Å². The molecule has 0 atom stereocenters. The smallest absolute Gasteiger partial charge is 0.290 e. The summed E-state index contributed by atoms with van der Waals surface area (Å²) in [5.74, 6) is -1.63. The topological polar surface area (TPSA) is 98.0 Å². The van der Waals surface area contributed by atoms with Crippen molar-refractivity contribution in [3.8, 4) is 0 Å². The summed E-state index contributed by atoms with van der Waals surface area (Å²) in [6.45, 7) is 3.71. The largest absolute Gasteiger partial charge is 0.332 e. The number of carbonyl (C=O) groups excluding carboxylic acids is 2. The van der Waals surface area contributed by atoms with E-state index >= 15 is 0 Å². The first-order valence-electron chi connectivity index (χ1n) is 11.8. The van der Waals surface area contributed by atoms with Crippen LogP contribution in [-0.4, -0.2) is 26.2 Å². The fourth-order valence-corrected chi connectivity index (χ4v) is 4.33. The lowest BCUT2D eigenvalue weighted by Gasteiger charge is -2.14. The zero-order valence-corrected chi connectivity index (χ0v) is 20.2. The molecule has 0 saturated heterocycles. The Kier molecular flexibility index (Phi) is 6.27. The van der Waals surface area contributed by atoms with Crippen LogP contribution in [-0.2, 0) is 6.54 Å². The Hall–Kier alpha value is -4.79. The number of amides is 2. The maximum Gasteiger partial charge on any atom is 0.290 e. The van der Waals surface area contributed by atoms with Crippen molar-refractivity contribution in [2.75, 3.05) is 0 Å². The van der Waals surface area contributed by atoms with Crippen molar-refractivity contribution >= 4 is 33.5 Å². The minimum atomic E-state index is -0.671. The van der Waals surface area contributed by atoms with Gasteiger partial charge in [0.25, 0.3) is 17.4 Å². The van der Waals surface area contributed by atoms with Gasteiger partial charge in [0.2, 0.25) is 0 Å². The Balaban J connectivity index is 1.46. The van der Waals surface area contributed by atoms with Gasteiger partial charge >= 0.3 is 0 Å². The van der Waals surface area contributed by atoms with Crippen LogP contribution in [0.15, 0.2) is 83.7 Å². The number of carbonyl (C=O) groups is 2. The standard InChI is InChI=1S/C28H24FN5O3/c1-17(2)34-28(37)21-12-6-5-11-20(21)25(32-34)27(36)31-30-26(35)24-15-18-9-4-8-14-23(18)33(24)16-19-10-3-7-13-22(19)29/h3-15,17H,16H2,1-2H3,(H,30,35)(H,31,36). The second-order valence-electron chi connectivity index (χ2n) is 8.91. The molecule has 2 N–H and O–H groups in total. The Bertz CT molecular complexity index is 1720. The van der Waals surface area contributed by atoms with Crippen molar-refractivity contribution in [3.63, 3.8) is 0 Å². The summed E-state index contributed by atoms with van der Waals surface area (Å²) in [5, 5.41) is 5.79. The summed E-state index contributed by atoms with van der Waals surface area (Å²) >= 11 is 0. The molecule has 0 fully saturated rings. The number of nitrogens with one attached hydrogen (secondary N) is 2. The predicted molar refractivity (Wildman–Crippen MR) is 139 cm³/mol. The number of fused-ring (bicyclic) bond motifs is 2. The minimum absolute atomic E-state index is 0.0103. The maximum atomic E-state index is 14.4. The number of hydrazine groups is 1. The minimum Gasteiger partial charge on any atom is -0.332 e. The van der Waals surface area contributed by atoms with E-state index in [0.29, 0.717) is 16.3 Å². The zero-order chi connectivity index (χ0) is 26.1. The molecule has 5 rings (SSSR count). The van der Waals surface area contributed by atoms with E-state index in [-0.39, 0.29) is 35.4 Å². The fourth-order valence-electron chi connectivity index (χ4n) is 4.33. The molecule has 0 aliphatic heterocycles. The quantitative estimate of drug-likeness (QED) is 0.356. The Morgan fingerprint density at radius 2 is 1.54 bits per heavy atom. The number of rotatable bonds is 5. The van der Waals surface area contributed by atoms with Crippen LogP contribution in [0.2, 0.25) is 0 Å². The van der Waals surface area contributed by atoms with Gasteiger partial charge in [-0.15, -0.1) is 0 Å². The average Bonchev–Trinajstić information content (AvgIpc) is 3.27. The number of halogens is 1. The molecule has 37 heavy (non-hydrogen) atoms. The van der Waals surface area contributed by atoms with Crippen LogP contribution in [0.4, 0.5) is 4.39 Å². The summed E-state index contributed by atoms with van der Waals surface area (Å²) in [6.07, 6.45) is 0. The summed E-state index contributed by atoms with van der Waals surface area (Å²) in [7, 11) is 0. The van der Waals surface area contributed by atoms with Crippen molar-refractivity contribution in [1.82, 2.24) is 25.2 Å². The van der Waals surface area contributed by atoms with Gasteiger partial charge in [0.1, 0.15) is 11.5 Å². The van der Waals surface area contributed by atoms with Crippen LogP contribution in [0.25, 0.3) is 21.7 Å². The molecule has 9 heteroatoms. The number of nitrogens with zero attached hydrogens (tertiary/aromatic N) is 3. The van der Waals surface area contributed by atoms with Gasteiger partial charge in [-0.3, -0.25) is 25.2 Å². The second kappa shape index (κ2) is 9.69. The molecule has 0 aliphatic carbocycles. The van der Waals surface area contributed by atoms with Crippen molar-refractivity contribution < 1.29 is 14.0 Å². The van der Waals surface area contributed by atoms with Crippen molar-refractivity contribution in [3.05, 3.63) is 112 Å². The van der Waals surface area contributed by atoms with E-state index in [4.69, 9.17) is 0 Å². The molecular weight excluding hydrogens is 473 g/mol. The molecule has 5 aromatic rings. The van der Waals surface area contributed by atoms with Crippen LogP contribution in [0, 0.1) is 5.82 Å². The van der Waals surface area contributed by atoms with Crippen LogP contribution in [0.3, 0.4) is 0 Å². The predicted octanol–water partition coefficient (Wildman–Crippen LogP) is 4.19. The number of benzene rings is 3. The highest BCUT2D eigenvalue weighted by Gasteiger charge is 2.21. The molecule has 186 valence electrons. The third-order valence-corrected chi connectivity index (χ3v) is 6.15. The lowest BCUT2D eigenvalue weighted by molar-refractivity contribution is 0.0839. The molecule has 8 nitrogen and oxygen atoms in total. The highest BCUT2D eigenvalue weighted by molar-refractivity contribution is 6.06. The lowest BCUT2D eigenvalue weighted by atomic mass is 10.1. The molecule has 0 unspecified atom stereocenters. The second-order valence-corrected chi connectivity index (χ2v) is 8.91. The zero-order valence-electron chi connectivity index (χ0n) is 20.2. The third kappa shape index (κ3) is 4.47. The molecule has 2 heterocycles. The van der Waals surface area contributed by atoms with Gasteiger partial charge in [-0.1, -0.05) is 54.6 Å². The van der Waals surface area contributed by atoms with Gasteiger partial charge in [-0.05, 0) is 38.1 Å². The first-order valence-corrected chi connectivity index (χ1v) is 11.8. The van der Waals surface area contributed by atoms with E-state index in [1.165, 1.54) is 10.7 Å². The molecule has 0 spiro atoms. The van der Waals surface area contributed by atoms with Crippen molar-refractivity contribution in [2.45, 2.75) is 26.4 Å². The molecule has 0 bridgehead atoms. The maximum absolute atomic E-state index is 14.4. The van der Waals surface area contributed by atoms with Crippen molar-refractivity contribution in [2.24, 2.45) is 0 Å². The summed E-state index contributed by atoms with van der Waals surface area (Å²) in [5.41, 5.74) is 5.99. The molecule has 2 amide bonds. The summed E-state index contributed by atoms with van der Waals surface area (Å²) < 4.78 is 17.3. The number of aromatic nitrogens is 3. The van der Waals surface area contributed by atoms with Gasteiger partial charge in [0.15, 0.2) is 5.69 Å². The normalized spacial score (nSPS) is 11.2. The Labute approximate surface area is 211 Å². The first-order chi connectivity index (χ1) is 17.8. The van der Waals surface area contributed by atoms with E-state index in [2.05, 4.69) is 16.0 Å². The highest BCUT2D eigenvalue weighted by Crippen LogP contribution is 2.22. The van der Waals surface area contributed by atoms with Crippen molar-refractivity contribution in [1.29, 1.82) is 0 Å².